The maximum Gasteiger partial charge on any atom is 0.191 e. The molecule has 0 bridgehead atoms. The third kappa shape index (κ3) is 9.78. The van der Waals surface area contributed by atoms with Gasteiger partial charge in [0, 0.05) is 25.0 Å². The van der Waals surface area contributed by atoms with Crippen LogP contribution in [0.3, 0.4) is 0 Å². The molecule has 1 aromatic rings. The normalized spacial score (nSPS) is 11.7. The molecule has 0 aliphatic rings. The molecular weight excluding hydrogens is 433 g/mol. The van der Waals surface area contributed by atoms with E-state index in [-0.39, 0.29) is 24.0 Å². The number of hydrogen-bond acceptors (Lipinski definition) is 4. The molecule has 0 spiro atoms. The fraction of sp³-hybridized carbons (Fsp3) is 0.765. The predicted molar refractivity (Wildman–Crippen MR) is 117 cm³/mol. The van der Waals surface area contributed by atoms with Gasteiger partial charge in [-0.3, -0.25) is 0 Å². The number of thiazole rings is 1. The first kappa shape index (κ1) is 23.6. The fourth-order valence-electron chi connectivity index (χ4n) is 2.06. The topological polar surface area (TPSA) is 52.5 Å². The van der Waals surface area contributed by atoms with Gasteiger partial charge in [0.2, 0.25) is 0 Å². The van der Waals surface area contributed by atoms with Crippen LogP contribution in [0.4, 0.5) is 0 Å². The lowest BCUT2D eigenvalue weighted by atomic mass is 10.2. The average molecular weight is 467 g/mol. The van der Waals surface area contributed by atoms with Gasteiger partial charge >= 0.3 is 0 Å². The molecule has 0 aliphatic heterocycles. The van der Waals surface area contributed by atoms with Gasteiger partial charge in [0.1, 0.15) is 5.01 Å². The Kier molecular flexibility index (Phi) is 13.6. The van der Waals surface area contributed by atoms with Crippen molar-refractivity contribution in [2.24, 2.45) is 4.99 Å². The first-order valence-corrected chi connectivity index (χ1v) is 9.59. The van der Waals surface area contributed by atoms with Crippen LogP contribution in [-0.4, -0.2) is 49.1 Å². The Morgan fingerprint density at radius 2 is 2.04 bits per heavy atom. The molecule has 0 aliphatic carbocycles. The molecule has 2 N–H and O–H groups in total. The van der Waals surface area contributed by atoms with Crippen molar-refractivity contribution in [2.45, 2.75) is 53.0 Å². The zero-order chi connectivity index (χ0) is 17.1. The minimum atomic E-state index is 0. The lowest BCUT2D eigenvalue weighted by Gasteiger charge is -2.17. The number of hydrogen-bond donors (Lipinski definition) is 2. The third-order valence-corrected chi connectivity index (χ3v) is 4.41. The Labute approximate surface area is 168 Å². The molecule has 0 fully saturated rings. The van der Waals surface area contributed by atoms with Crippen LogP contribution in [0.5, 0.6) is 0 Å². The van der Waals surface area contributed by atoms with Gasteiger partial charge in [-0.1, -0.05) is 27.2 Å². The van der Waals surface area contributed by atoms with E-state index in [2.05, 4.69) is 65.6 Å². The van der Waals surface area contributed by atoms with Crippen molar-refractivity contribution in [3.05, 3.63) is 16.1 Å². The van der Waals surface area contributed by atoms with E-state index in [1.54, 1.807) is 11.3 Å². The number of guanidine groups is 1. The van der Waals surface area contributed by atoms with E-state index in [1.165, 1.54) is 12.8 Å². The van der Waals surface area contributed by atoms with Crippen LogP contribution in [0.2, 0.25) is 0 Å². The van der Waals surface area contributed by atoms with Crippen molar-refractivity contribution < 1.29 is 0 Å². The van der Waals surface area contributed by atoms with Gasteiger partial charge in [0.25, 0.3) is 0 Å². The summed E-state index contributed by atoms with van der Waals surface area (Å²) < 4.78 is 0. The van der Waals surface area contributed by atoms with Gasteiger partial charge in [0.15, 0.2) is 5.96 Å². The van der Waals surface area contributed by atoms with E-state index in [9.17, 15) is 0 Å². The highest BCUT2D eigenvalue weighted by Gasteiger charge is 2.06. The number of aromatic nitrogens is 1. The van der Waals surface area contributed by atoms with E-state index in [0.717, 1.165) is 42.8 Å². The first-order chi connectivity index (χ1) is 11.1. The van der Waals surface area contributed by atoms with E-state index in [4.69, 9.17) is 0 Å². The van der Waals surface area contributed by atoms with Crippen molar-refractivity contribution >= 4 is 41.3 Å². The summed E-state index contributed by atoms with van der Waals surface area (Å²) in [5, 5.41) is 9.91. The number of likely N-dealkylation sites (N-methyl/N-ethyl adjacent to an activating group) is 1. The molecule has 0 radical (unpaired) electrons. The Morgan fingerprint density at radius 3 is 2.62 bits per heavy atom. The molecule has 0 unspecified atom stereocenters. The van der Waals surface area contributed by atoms with E-state index in [1.807, 2.05) is 0 Å². The smallest absolute Gasteiger partial charge is 0.191 e. The number of nitrogens with one attached hydrogen (secondary N) is 2. The van der Waals surface area contributed by atoms with Crippen LogP contribution >= 0.6 is 35.3 Å². The molecule has 0 amide bonds. The van der Waals surface area contributed by atoms with Crippen molar-refractivity contribution in [3.8, 4) is 0 Å². The van der Waals surface area contributed by atoms with Gasteiger partial charge in [-0.2, -0.15) is 0 Å². The highest BCUT2D eigenvalue weighted by molar-refractivity contribution is 14.0. The minimum Gasteiger partial charge on any atom is -0.357 e. The van der Waals surface area contributed by atoms with E-state index >= 15 is 0 Å². The van der Waals surface area contributed by atoms with Gasteiger partial charge < -0.3 is 15.5 Å². The molecule has 0 aromatic carbocycles. The van der Waals surface area contributed by atoms with E-state index in [0.29, 0.717) is 12.5 Å². The Balaban J connectivity index is 0.00000529. The predicted octanol–water partition coefficient (Wildman–Crippen LogP) is 3.67. The molecular formula is C17H34IN5S. The quantitative estimate of drug-likeness (QED) is 0.313. The standard InChI is InChI=1S/C17H33N5S.HI/c1-6-8-10-22(5)11-9-19-17(18-7-2)20-12-16-21-15(13-23-16)14(3)4;/h13-14H,6-12H2,1-5H3,(H2,18,19,20);1H. The maximum absolute atomic E-state index is 4.64. The lowest BCUT2D eigenvalue weighted by molar-refractivity contribution is 0.332. The van der Waals surface area contributed by atoms with Crippen molar-refractivity contribution in [1.29, 1.82) is 0 Å². The molecule has 0 atom stereocenters. The molecule has 1 rings (SSSR count). The number of unbranched alkanes of at least 4 members (excludes halogenated alkanes) is 1. The average Bonchev–Trinajstić information content (AvgIpc) is 2.99. The van der Waals surface area contributed by atoms with Gasteiger partial charge in [-0.25, -0.2) is 9.98 Å². The highest BCUT2D eigenvalue weighted by Crippen LogP contribution is 2.18. The second-order valence-electron chi connectivity index (χ2n) is 6.10. The van der Waals surface area contributed by atoms with Gasteiger partial charge in [-0.05, 0) is 32.9 Å². The van der Waals surface area contributed by atoms with Crippen LogP contribution in [-0.2, 0) is 6.54 Å². The minimum absolute atomic E-state index is 0. The van der Waals surface area contributed by atoms with Gasteiger partial charge in [0.05, 0.1) is 12.2 Å². The molecule has 0 saturated heterocycles. The van der Waals surface area contributed by atoms with Crippen molar-refractivity contribution in [1.82, 2.24) is 20.5 Å². The zero-order valence-electron chi connectivity index (χ0n) is 15.8. The van der Waals surface area contributed by atoms with Crippen LogP contribution in [0.1, 0.15) is 57.2 Å². The number of rotatable bonds is 10. The third-order valence-electron chi connectivity index (χ3n) is 3.56. The molecule has 140 valence electrons. The summed E-state index contributed by atoms with van der Waals surface area (Å²) >= 11 is 1.69. The Morgan fingerprint density at radius 1 is 1.29 bits per heavy atom. The fourth-order valence-corrected chi connectivity index (χ4v) is 2.94. The van der Waals surface area contributed by atoms with Crippen molar-refractivity contribution in [3.63, 3.8) is 0 Å². The number of aliphatic imine (C=N–C) groups is 1. The number of halogens is 1. The summed E-state index contributed by atoms with van der Waals surface area (Å²) in [5.41, 5.74) is 1.16. The summed E-state index contributed by atoms with van der Waals surface area (Å²) in [4.78, 5) is 11.6. The Hall–Kier alpha value is -0.410. The van der Waals surface area contributed by atoms with Gasteiger partial charge in [-0.15, -0.1) is 35.3 Å². The van der Waals surface area contributed by atoms with Crippen LogP contribution in [0.15, 0.2) is 10.4 Å². The maximum atomic E-state index is 4.64. The second-order valence-corrected chi connectivity index (χ2v) is 7.04. The second kappa shape index (κ2) is 13.8. The first-order valence-electron chi connectivity index (χ1n) is 8.71. The van der Waals surface area contributed by atoms with Crippen LogP contribution in [0.25, 0.3) is 0 Å². The summed E-state index contributed by atoms with van der Waals surface area (Å²) in [6.07, 6.45) is 2.50. The van der Waals surface area contributed by atoms with Crippen LogP contribution in [0, 0.1) is 0 Å². The molecule has 5 nitrogen and oxygen atoms in total. The SMILES string of the molecule is CCCCN(C)CCNC(=NCc1nc(C(C)C)cs1)NCC.I. The molecule has 1 aromatic heterocycles. The largest absolute Gasteiger partial charge is 0.357 e. The summed E-state index contributed by atoms with van der Waals surface area (Å²) in [6, 6.07) is 0. The zero-order valence-corrected chi connectivity index (χ0v) is 18.9. The number of nitrogens with zero attached hydrogens (tertiary/aromatic N) is 3. The van der Waals surface area contributed by atoms with E-state index < -0.39 is 0 Å². The Bertz CT molecular complexity index is 462. The summed E-state index contributed by atoms with van der Waals surface area (Å²) in [7, 11) is 2.17. The molecule has 0 saturated carbocycles. The van der Waals surface area contributed by atoms with Crippen molar-refractivity contribution in [2.75, 3.05) is 33.2 Å². The lowest BCUT2D eigenvalue weighted by Crippen LogP contribution is -2.41. The monoisotopic (exact) mass is 467 g/mol. The molecule has 7 heteroatoms. The summed E-state index contributed by atoms with van der Waals surface area (Å²) in [6.45, 7) is 13.2. The highest BCUT2D eigenvalue weighted by atomic mass is 127. The summed E-state index contributed by atoms with van der Waals surface area (Å²) in [5.74, 6) is 1.35. The van der Waals surface area contributed by atoms with Crippen LogP contribution < -0.4 is 10.6 Å². The molecule has 1 heterocycles. The molecule has 24 heavy (non-hydrogen) atoms.